The van der Waals surface area contributed by atoms with E-state index in [1.807, 2.05) is 24.3 Å². The molecule has 1 atom stereocenters. The monoisotopic (exact) mass is 323 g/mol. The minimum absolute atomic E-state index is 0.0804. The van der Waals surface area contributed by atoms with Crippen LogP contribution < -0.4 is 16.0 Å². The molecule has 124 valence electrons. The molecular formula is C19H21N3O2. The Labute approximate surface area is 141 Å². The van der Waals surface area contributed by atoms with Crippen LogP contribution in [0.2, 0.25) is 0 Å². The fraction of sp³-hybridized carbons (Fsp3) is 0.263. The Balaban J connectivity index is 1.52. The van der Waals surface area contributed by atoms with Crippen molar-refractivity contribution >= 4 is 11.9 Å². The summed E-state index contributed by atoms with van der Waals surface area (Å²) in [5.74, 6) is -0.118. The van der Waals surface area contributed by atoms with Crippen molar-refractivity contribution in [3.8, 4) is 0 Å². The van der Waals surface area contributed by atoms with Crippen LogP contribution in [0.15, 0.2) is 48.5 Å². The first-order chi connectivity index (χ1) is 11.7. The summed E-state index contributed by atoms with van der Waals surface area (Å²) in [6.07, 6.45) is 1.94. The molecule has 3 N–H and O–H groups in total. The third-order valence-corrected chi connectivity index (χ3v) is 4.33. The van der Waals surface area contributed by atoms with Crippen LogP contribution in [0.1, 0.15) is 39.5 Å². The Morgan fingerprint density at radius 2 is 1.83 bits per heavy atom. The van der Waals surface area contributed by atoms with Gasteiger partial charge in [0.15, 0.2) is 0 Å². The molecule has 1 aliphatic carbocycles. The van der Waals surface area contributed by atoms with Gasteiger partial charge in [0, 0.05) is 19.2 Å². The number of aryl methyl sites for hydroxylation is 1. The Kier molecular flexibility index (Phi) is 4.79. The molecule has 0 bridgehead atoms. The first-order valence-electron chi connectivity index (χ1n) is 8.10. The lowest BCUT2D eigenvalue weighted by molar-refractivity contribution is 0.0963. The minimum Gasteiger partial charge on any atom is -0.355 e. The van der Waals surface area contributed by atoms with Gasteiger partial charge in [0.1, 0.15) is 0 Å². The summed E-state index contributed by atoms with van der Waals surface area (Å²) in [5.41, 5.74) is 4.08. The summed E-state index contributed by atoms with van der Waals surface area (Å²) in [4.78, 5) is 23.6. The number of hydrogen-bond donors (Lipinski definition) is 3. The zero-order valence-electron chi connectivity index (χ0n) is 13.6. The van der Waals surface area contributed by atoms with Gasteiger partial charge in [-0.05, 0) is 41.7 Å². The van der Waals surface area contributed by atoms with Crippen molar-refractivity contribution in [2.75, 3.05) is 7.05 Å². The van der Waals surface area contributed by atoms with Crippen molar-refractivity contribution < 1.29 is 9.59 Å². The number of carbonyl (C=O) groups excluding carboxylic acids is 2. The molecule has 0 aliphatic heterocycles. The van der Waals surface area contributed by atoms with Gasteiger partial charge in [0.05, 0.1) is 6.04 Å². The van der Waals surface area contributed by atoms with Crippen molar-refractivity contribution in [3.63, 3.8) is 0 Å². The van der Waals surface area contributed by atoms with E-state index in [0.717, 1.165) is 18.4 Å². The largest absolute Gasteiger partial charge is 0.355 e. The first kappa shape index (κ1) is 16.1. The summed E-state index contributed by atoms with van der Waals surface area (Å²) in [6, 6.07) is 15.3. The molecule has 0 heterocycles. The fourth-order valence-corrected chi connectivity index (χ4v) is 3.02. The molecule has 0 saturated carbocycles. The van der Waals surface area contributed by atoms with E-state index in [0.29, 0.717) is 12.1 Å². The van der Waals surface area contributed by atoms with Gasteiger partial charge < -0.3 is 16.0 Å². The SMILES string of the molecule is CNC(=O)c1ccc(CNC(=O)NC2CCc3ccccc32)cc1. The van der Waals surface area contributed by atoms with Crippen molar-refractivity contribution in [3.05, 3.63) is 70.8 Å². The molecule has 3 rings (SSSR count). The molecule has 5 nitrogen and oxygen atoms in total. The third kappa shape index (κ3) is 3.56. The second kappa shape index (κ2) is 7.17. The molecule has 0 saturated heterocycles. The highest BCUT2D eigenvalue weighted by atomic mass is 16.2. The number of hydrogen-bond acceptors (Lipinski definition) is 2. The molecule has 2 aromatic rings. The van der Waals surface area contributed by atoms with E-state index in [2.05, 4.69) is 28.1 Å². The molecule has 0 aromatic heterocycles. The summed E-state index contributed by atoms with van der Waals surface area (Å²) in [6.45, 7) is 0.425. The van der Waals surface area contributed by atoms with E-state index < -0.39 is 0 Å². The summed E-state index contributed by atoms with van der Waals surface area (Å²) in [5, 5.41) is 8.48. The number of rotatable bonds is 4. The summed E-state index contributed by atoms with van der Waals surface area (Å²) >= 11 is 0. The topological polar surface area (TPSA) is 70.2 Å². The lowest BCUT2D eigenvalue weighted by atomic mass is 10.1. The lowest BCUT2D eigenvalue weighted by Crippen LogP contribution is -2.36. The molecule has 0 fully saturated rings. The van der Waals surface area contributed by atoms with Crippen LogP contribution in [0.25, 0.3) is 0 Å². The van der Waals surface area contributed by atoms with Crippen LogP contribution in [0.4, 0.5) is 4.79 Å². The molecule has 1 unspecified atom stereocenters. The maximum atomic E-state index is 12.1. The number of urea groups is 1. The van der Waals surface area contributed by atoms with Gasteiger partial charge in [-0.15, -0.1) is 0 Å². The Morgan fingerprint density at radius 3 is 2.58 bits per heavy atom. The molecule has 24 heavy (non-hydrogen) atoms. The van der Waals surface area contributed by atoms with Crippen LogP contribution in [0.3, 0.4) is 0 Å². The highest BCUT2D eigenvalue weighted by Crippen LogP contribution is 2.30. The smallest absolute Gasteiger partial charge is 0.315 e. The van der Waals surface area contributed by atoms with E-state index in [-0.39, 0.29) is 18.0 Å². The third-order valence-electron chi connectivity index (χ3n) is 4.33. The predicted octanol–water partition coefficient (Wildman–Crippen LogP) is 2.53. The van der Waals surface area contributed by atoms with E-state index in [1.54, 1.807) is 19.2 Å². The van der Waals surface area contributed by atoms with Crippen molar-refractivity contribution in [1.82, 2.24) is 16.0 Å². The quantitative estimate of drug-likeness (QED) is 0.809. The summed E-state index contributed by atoms with van der Waals surface area (Å²) < 4.78 is 0. The molecule has 1 aliphatic rings. The Bertz CT molecular complexity index is 741. The molecule has 0 spiro atoms. The van der Waals surface area contributed by atoms with Gasteiger partial charge in [-0.1, -0.05) is 36.4 Å². The van der Waals surface area contributed by atoms with Crippen LogP contribution >= 0.6 is 0 Å². The van der Waals surface area contributed by atoms with Gasteiger partial charge in [0.2, 0.25) is 0 Å². The number of amides is 3. The van der Waals surface area contributed by atoms with Crippen LogP contribution in [-0.4, -0.2) is 19.0 Å². The number of carbonyl (C=O) groups is 2. The van der Waals surface area contributed by atoms with Gasteiger partial charge in [-0.2, -0.15) is 0 Å². The molecule has 5 heteroatoms. The maximum absolute atomic E-state index is 12.1. The van der Waals surface area contributed by atoms with E-state index >= 15 is 0 Å². The zero-order valence-corrected chi connectivity index (χ0v) is 13.6. The highest BCUT2D eigenvalue weighted by Gasteiger charge is 2.23. The number of nitrogens with one attached hydrogen (secondary N) is 3. The molecular weight excluding hydrogens is 302 g/mol. The van der Waals surface area contributed by atoms with Crippen molar-refractivity contribution in [2.45, 2.75) is 25.4 Å². The zero-order chi connectivity index (χ0) is 16.9. The van der Waals surface area contributed by atoms with E-state index in [1.165, 1.54) is 11.1 Å². The Hall–Kier alpha value is -2.82. The first-order valence-corrected chi connectivity index (χ1v) is 8.10. The second-order valence-corrected chi connectivity index (χ2v) is 5.89. The highest BCUT2D eigenvalue weighted by molar-refractivity contribution is 5.93. The van der Waals surface area contributed by atoms with E-state index in [4.69, 9.17) is 0 Å². The van der Waals surface area contributed by atoms with Gasteiger partial charge in [-0.25, -0.2) is 4.79 Å². The van der Waals surface area contributed by atoms with Crippen molar-refractivity contribution in [2.24, 2.45) is 0 Å². The van der Waals surface area contributed by atoms with Crippen LogP contribution in [0, 0.1) is 0 Å². The second-order valence-electron chi connectivity index (χ2n) is 5.89. The predicted molar refractivity (Wildman–Crippen MR) is 92.7 cm³/mol. The fourth-order valence-electron chi connectivity index (χ4n) is 3.02. The van der Waals surface area contributed by atoms with Crippen LogP contribution in [0.5, 0.6) is 0 Å². The van der Waals surface area contributed by atoms with Crippen LogP contribution in [-0.2, 0) is 13.0 Å². The van der Waals surface area contributed by atoms with Gasteiger partial charge >= 0.3 is 6.03 Å². The normalized spacial score (nSPS) is 15.5. The van der Waals surface area contributed by atoms with E-state index in [9.17, 15) is 9.59 Å². The maximum Gasteiger partial charge on any atom is 0.315 e. The lowest BCUT2D eigenvalue weighted by Gasteiger charge is -2.15. The van der Waals surface area contributed by atoms with Crippen molar-refractivity contribution in [1.29, 1.82) is 0 Å². The summed E-state index contributed by atoms with van der Waals surface area (Å²) in [7, 11) is 1.60. The number of fused-ring (bicyclic) bond motifs is 1. The molecule has 2 aromatic carbocycles. The van der Waals surface area contributed by atoms with Gasteiger partial charge in [0.25, 0.3) is 5.91 Å². The average molecular weight is 323 g/mol. The standard InChI is InChI=1S/C19H21N3O2/c1-20-18(23)15-8-6-13(7-9-15)12-21-19(24)22-17-11-10-14-4-2-3-5-16(14)17/h2-9,17H,10-12H2,1H3,(H,20,23)(H2,21,22,24). The Morgan fingerprint density at radius 1 is 1.08 bits per heavy atom. The minimum atomic E-state index is -0.174. The average Bonchev–Trinajstić information content (AvgIpc) is 3.03. The number of benzene rings is 2. The molecule has 0 radical (unpaired) electrons. The molecule has 3 amide bonds. The van der Waals surface area contributed by atoms with Gasteiger partial charge in [-0.3, -0.25) is 4.79 Å².